The average molecular weight is 1820 g/mol. The number of anilines is 7. The number of nitrogens with zero attached hydrogens (tertiary/aromatic N) is 17. The molecule has 6 N–H and O–H groups in total. The van der Waals surface area contributed by atoms with E-state index in [-0.39, 0.29) is 62.3 Å². The van der Waals surface area contributed by atoms with Gasteiger partial charge in [-0.3, -0.25) is 56.1 Å². The number of piperazine rings is 4. The third-order valence-corrected chi connectivity index (χ3v) is 23.9. The van der Waals surface area contributed by atoms with Gasteiger partial charge >= 0.3 is 0 Å². The summed E-state index contributed by atoms with van der Waals surface area (Å²) < 4.78 is 75.0. The van der Waals surface area contributed by atoms with Gasteiger partial charge < -0.3 is 70.8 Å². The fourth-order valence-electron chi connectivity index (χ4n) is 16.5. The maximum atomic E-state index is 14.9. The van der Waals surface area contributed by atoms with E-state index in [1.54, 1.807) is 72.6 Å². The van der Waals surface area contributed by atoms with Crippen LogP contribution in [0.25, 0.3) is 84.5 Å². The van der Waals surface area contributed by atoms with Crippen molar-refractivity contribution in [2.45, 2.75) is 31.8 Å². The van der Waals surface area contributed by atoms with Crippen LogP contribution in [0.15, 0.2) is 243 Å². The molecule has 36 heteroatoms. The monoisotopic (exact) mass is 1820 g/mol. The highest BCUT2D eigenvalue weighted by Gasteiger charge is 2.24. The summed E-state index contributed by atoms with van der Waals surface area (Å²) in [5.74, 6) is -0.773. The topological polar surface area (TPSA) is 325 Å². The predicted molar refractivity (Wildman–Crippen MR) is 517 cm³/mol. The molecular weight excluding hydrogens is 1720 g/mol. The molecule has 20 rings (SSSR count). The third-order valence-electron chi connectivity index (χ3n) is 23.9. The van der Waals surface area contributed by atoms with Crippen LogP contribution in [0.2, 0.25) is 0 Å². The van der Waals surface area contributed by atoms with Crippen molar-refractivity contribution in [1.29, 1.82) is 0 Å². The number of non-ortho nitro benzene ring substituents is 1. The Kier molecular flexibility index (Phi) is 28.7. The number of piperidine rings is 1. The van der Waals surface area contributed by atoms with Gasteiger partial charge in [-0.25, -0.2) is 42.5 Å². The Morgan fingerprint density at radius 2 is 0.746 bits per heavy atom. The van der Waals surface area contributed by atoms with Gasteiger partial charge in [-0.1, -0.05) is 24.3 Å². The van der Waals surface area contributed by atoms with Crippen molar-refractivity contribution in [3.8, 4) is 67.8 Å². The molecule has 0 spiro atoms. The molecule has 10 aromatic heterocycles. The predicted octanol–water partition coefficient (Wildman–Crippen LogP) is 10.6. The zero-order valence-electron chi connectivity index (χ0n) is 75.2. The summed E-state index contributed by atoms with van der Waals surface area (Å²) in [6.45, 7) is 16.9. The Balaban J connectivity index is 0.000000122. The number of fused-ring (bicyclic) bond motifs is 5. The molecule has 15 heterocycles. The smallest absolute Gasteiger partial charge is 0.269 e. The van der Waals surface area contributed by atoms with Crippen LogP contribution in [0, 0.1) is 33.4 Å². The number of nitro benzene ring substituents is 1. The normalized spacial score (nSPS) is 15.2. The van der Waals surface area contributed by atoms with E-state index < -0.39 is 22.4 Å². The number of nitrogens with one attached hydrogen (secondary N) is 6. The van der Waals surface area contributed by atoms with Gasteiger partial charge in [0.15, 0.2) is 45.9 Å². The second-order valence-electron chi connectivity index (χ2n) is 33.3. The minimum atomic E-state index is -0.552. The van der Waals surface area contributed by atoms with Crippen molar-refractivity contribution in [3.63, 3.8) is 0 Å². The third kappa shape index (κ3) is 21.6. The number of pyridine rings is 5. The maximum Gasteiger partial charge on any atom is 0.269 e. The minimum absolute atomic E-state index is 0.00641. The molecule has 134 heavy (non-hydrogen) atoms. The van der Waals surface area contributed by atoms with E-state index in [0.717, 1.165) is 164 Å². The number of ether oxygens (including phenoxy) is 2. The molecule has 5 aliphatic rings. The van der Waals surface area contributed by atoms with Crippen LogP contribution < -0.4 is 98.6 Å². The van der Waals surface area contributed by atoms with Gasteiger partial charge in [0.25, 0.3) is 33.5 Å². The van der Waals surface area contributed by atoms with Gasteiger partial charge in [0, 0.05) is 269 Å². The molecule has 0 unspecified atom stereocenters. The summed E-state index contributed by atoms with van der Waals surface area (Å²) in [6, 6.07) is 52.3. The van der Waals surface area contributed by atoms with Crippen LogP contribution in [-0.4, -0.2) is 218 Å². The van der Waals surface area contributed by atoms with E-state index in [0.29, 0.717) is 85.5 Å². The number of rotatable bonds is 16. The number of benzene rings is 5. The number of halogens is 4. The second-order valence-corrected chi connectivity index (χ2v) is 33.3. The minimum Gasteiger partial charge on any atom is -0.493 e. The molecule has 0 radical (unpaired) electrons. The SMILES string of the molecule is CN(C)c1ccc(-c2cc(=O)n3cc(N4CCNCC4)cc(F)c3n2)cc1.COc1ccc(-c2cc(=O)n3cc(NC4CCNCC4)cc(F)c3n2)cc1OC.C[C@@H]1CN(c2cc(F)c3nc(-c4ccc(N(C)C)cc4)cc(=O)n3c2)CCN1.O=c1cc(-c2ccc(F)cc2)nc2ccc(N3CCNCC3)cn12.O=c1cc(-c2ccc([N+](=O)[O-])cc2)nc2ccc(N3CCNCC3)cn12. The molecule has 5 fully saturated rings. The fraction of sp³-hybridized carbons (Fsp3) is 0.286. The first-order valence-corrected chi connectivity index (χ1v) is 44.2. The van der Waals surface area contributed by atoms with Gasteiger partial charge in [-0.05, 0) is 136 Å². The summed E-state index contributed by atoms with van der Waals surface area (Å²) in [5, 5.41) is 30.6. The fourth-order valence-corrected chi connectivity index (χ4v) is 16.5. The Bertz CT molecular complexity index is 7090. The highest BCUT2D eigenvalue weighted by atomic mass is 19.1. The van der Waals surface area contributed by atoms with Crippen molar-refractivity contribution in [2.75, 3.05) is 188 Å². The van der Waals surface area contributed by atoms with Gasteiger partial charge in [-0.2, -0.15) is 0 Å². The highest BCUT2D eigenvalue weighted by molar-refractivity contribution is 5.71. The van der Waals surface area contributed by atoms with Crippen molar-refractivity contribution >= 4 is 73.7 Å². The van der Waals surface area contributed by atoms with Crippen LogP contribution in [0.4, 0.5) is 63.1 Å². The van der Waals surface area contributed by atoms with E-state index in [2.05, 4.69) is 83.3 Å². The molecule has 5 aliphatic heterocycles. The largest absolute Gasteiger partial charge is 0.493 e. The Hall–Kier alpha value is -15.0. The van der Waals surface area contributed by atoms with Crippen LogP contribution in [-0.2, 0) is 0 Å². The van der Waals surface area contributed by atoms with Crippen molar-refractivity contribution in [3.05, 3.63) is 304 Å². The summed E-state index contributed by atoms with van der Waals surface area (Å²) in [5.41, 5.74) is 12.0. The first kappa shape index (κ1) is 92.3. The second kappa shape index (κ2) is 41.6. The first-order chi connectivity index (χ1) is 64.8. The summed E-state index contributed by atoms with van der Waals surface area (Å²) in [6.07, 6.45) is 10.5. The lowest BCUT2D eigenvalue weighted by Gasteiger charge is -2.33. The number of aromatic nitrogens is 10. The first-order valence-electron chi connectivity index (χ1n) is 44.2. The van der Waals surface area contributed by atoms with Gasteiger partial charge in [0.05, 0.1) is 76.0 Å². The van der Waals surface area contributed by atoms with Crippen molar-refractivity contribution in [2.24, 2.45) is 0 Å². The van der Waals surface area contributed by atoms with Crippen molar-refractivity contribution < 1.29 is 32.0 Å². The van der Waals surface area contributed by atoms with Crippen LogP contribution >= 0.6 is 0 Å². The van der Waals surface area contributed by atoms with Crippen LogP contribution in [0.3, 0.4) is 0 Å². The van der Waals surface area contributed by atoms with Gasteiger partial charge in [-0.15, -0.1) is 0 Å². The lowest BCUT2D eigenvalue weighted by molar-refractivity contribution is -0.384. The van der Waals surface area contributed by atoms with Gasteiger partial charge in [0.2, 0.25) is 0 Å². The van der Waals surface area contributed by atoms with E-state index in [1.807, 2.05) is 123 Å². The lowest BCUT2D eigenvalue weighted by Crippen LogP contribution is -2.49. The van der Waals surface area contributed by atoms with E-state index in [1.165, 1.54) is 97.5 Å². The number of nitro groups is 1. The molecule has 32 nitrogen and oxygen atoms in total. The quantitative estimate of drug-likeness (QED) is 0.0297. The zero-order valence-corrected chi connectivity index (χ0v) is 75.2. The molecule has 0 aliphatic carbocycles. The molecule has 1 atom stereocenters. The standard InChI is InChI=1S/C21H24FN5O.C21H23FN4O3.C20H22FN5O.C18H17FN4O.C18H17N5O3/c1-14-12-26(9-8-23-14)17-10-18(22)21-24-19(11-20(28)27(21)13-17)15-4-6-16(7-5-15)25(2)3;1-28-18-4-3-13(9-19(18)29-2)17-11-20(27)26-12-15(10-16(22)21(26)25-17)24-14-5-7-23-8-6-14;1-24(2)15-5-3-14(4-6-15)18-12-19(27)26-13-16(11-17(21)20(26)23-18)25-9-7-22-8-10-25;19-14-3-1-13(2-4-14)16-11-18(24)23-12-15(5-6-17(23)21-16)22-9-7-20-8-10-22;24-18-11-16(13-1-3-14(4-2-13)23(25)26)20-17-6-5-15(12-22(17)18)21-9-7-19-8-10-21/h4-7,10-11,13-14,23H,8-9,12H2,1-3H3;3-4,9-12,14,23-24H,5-8H2,1-2H3;3-6,11-13,22H,7-10H2,1-2H3;1-6,11-12,20H,7-10H2;1-6,11-12,19H,7-10H2/t14-;;;;/m1..../s1. The molecule has 5 saturated heterocycles. The Labute approximate surface area is 767 Å². The summed E-state index contributed by atoms with van der Waals surface area (Å²) >= 11 is 0. The number of hydrogen-bond donors (Lipinski definition) is 6. The van der Waals surface area contributed by atoms with E-state index >= 15 is 0 Å². The lowest BCUT2D eigenvalue weighted by atomic mass is 10.1. The number of methoxy groups -OCH3 is 2. The highest BCUT2D eigenvalue weighted by Crippen LogP contribution is 2.34. The van der Waals surface area contributed by atoms with Crippen LogP contribution in [0.5, 0.6) is 11.5 Å². The average Bonchev–Trinajstić information content (AvgIpc) is 0.792. The molecule has 692 valence electrons. The molecule has 0 bridgehead atoms. The summed E-state index contributed by atoms with van der Waals surface area (Å²) in [4.78, 5) is 108. The number of hydrogen-bond acceptors (Lipinski definition) is 26. The maximum absolute atomic E-state index is 14.9. The molecule has 0 saturated carbocycles. The van der Waals surface area contributed by atoms with E-state index in [4.69, 9.17) is 9.47 Å². The molecule has 0 amide bonds. The molecular formula is C98H103F4N23O9. The summed E-state index contributed by atoms with van der Waals surface area (Å²) in [7, 11) is 10.9. The molecule has 5 aromatic carbocycles. The van der Waals surface area contributed by atoms with Crippen LogP contribution in [0.1, 0.15) is 19.8 Å². The van der Waals surface area contributed by atoms with Gasteiger partial charge in [0.1, 0.15) is 17.1 Å². The van der Waals surface area contributed by atoms with Crippen molar-refractivity contribution in [1.82, 2.24) is 73.5 Å². The molecule has 15 aromatic rings. The Morgan fingerprint density at radius 3 is 1.17 bits per heavy atom. The zero-order chi connectivity index (χ0) is 93.8. The van der Waals surface area contributed by atoms with E-state index in [9.17, 15) is 51.6 Å². The Morgan fingerprint density at radius 1 is 0.388 bits per heavy atom.